The maximum atomic E-state index is 14.3. The fourth-order valence-electron chi connectivity index (χ4n) is 2.82. The van der Waals surface area contributed by atoms with Gasteiger partial charge in [0, 0.05) is 11.6 Å². The van der Waals surface area contributed by atoms with Crippen molar-refractivity contribution in [3.8, 4) is 0 Å². The number of carbonyl (C=O) groups is 2. The fourth-order valence-corrected chi connectivity index (χ4v) is 2.93. The number of carbonyl (C=O) groups excluding carboxylic acids is 2. The number of rotatable bonds is 5. The zero-order valence-electron chi connectivity index (χ0n) is 17.2. The van der Waals surface area contributed by atoms with Crippen LogP contribution >= 0.6 is 11.6 Å². The monoisotopic (exact) mass is 460 g/mol. The zero-order chi connectivity index (χ0) is 23.6. The Morgan fingerprint density at radius 2 is 1.71 bits per heavy atom. The molecule has 0 aliphatic rings. The summed E-state index contributed by atoms with van der Waals surface area (Å²) in [5, 5.41) is 2.83. The van der Waals surface area contributed by atoms with Gasteiger partial charge < -0.3 is 10.1 Å². The average molecular weight is 461 g/mol. The molecule has 0 saturated heterocycles. The van der Waals surface area contributed by atoms with Gasteiger partial charge in [0.15, 0.2) is 0 Å². The number of benzene rings is 1. The van der Waals surface area contributed by atoms with Gasteiger partial charge in [0.05, 0.1) is 29.8 Å². The Morgan fingerprint density at radius 1 is 1.10 bits per heavy atom. The summed E-state index contributed by atoms with van der Waals surface area (Å²) in [6.07, 6.45) is -4.30. The second-order valence-corrected chi connectivity index (χ2v) is 8.39. The normalized spacial score (nSPS) is 14.0. The number of amides is 1. The third-order valence-electron chi connectivity index (χ3n) is 4.53. The van der Waals surface area contributed by atoms with Gasteiger partial charge in [-0.05, 0) is 35.9 Å². The van der Waals surface area contributed by atoms with E-state index in [0.717, 1.165) is 13.2 Å². The lowest BCUT2D eigenvalue weighted by molar-refractivity contribution is -0.142. The Kier molecular flexibility index (Phi) is 7.00. The van der Waals surface area contributed by atoms with Crippen molar-refractivity contribution < 1.29 is 31.9 Å². The van der Waals surface area contributed by atoms with Gasteiger partial charge in [-0.15, -0.1) is 0 Å². The van der Waals surface area contributed by atoms with Crippen molar-refractivity contribution >= 4 is 23.5 Å². The van der Waals surface area contributed by atoms with E-state index >= 15 is 0 Å². The van der Waals surface area contributed by atoms with Gasteiger partial charge in [0.2, 0.25) is 5.91 Å². The van der Waals surface area contributed by atoms with Crippen LogP contribution in [0, 0.1) is 11.2 Å². The molecule has 10 heteroatoms. The number of halogens is 5. The van der Waals surface area contributed by atoms with Crippen LogP contribution in [0.4, 0.5) is 17.6 Å². The highest BCUT2D eigenvalue weighted by Crippen LogP contribution is 2.38. The van der Waals surface area contributed by atoms with Crippen LogP contribution in [0.3, 0.4) is 0 Å². The van der Waals surface area contributed by atoms with Crippen molar-refractivity contribution in [1.82, 2.24) is 10.3 Å². The van der Waals surface area contributed by atoms with E-state index in [1.807, 2.05) is 0 Å². The van der Waals surface area contributed by atoms with Crippen molar-refractivity contribution in [2.24, 2.45) is 5.41 Å². The number of alkyl halides is 3. The lowest BCUT2D eigenvalue weighted by Crippen LogP contribution is -2.52. The van der Waals surface area contributed by atoms with Crippen molar-refractivity contribution in [2.45, 2.75) is 38.9 Å². The number of nitrogens with one attached hydrogen (secondary N) is 1. The smallest absolute Gasteiger partial charge is 0.416 e. The van der Waals surface area contributed by atoms with Crippen LogP contribution in [0.1, 0.15) is 44.0 Å². The fraction of sp³-hybridized carbons (Fsp3) is 0.381. The molecule has 31 heavy (non-hydrogen) atoms. The van der Waals surface area contributed by atoms with Gasteiger partial charge in [0.1, 0.15) is 11.4 Å². The average Bonchev–Trinajstić information content (AvgIpc) is 2.65. The molecule has 0 bridgehead atoms. The molecule has 0 fully saturated rings. The molecule has 0 aliphatic heterocycles. The highest BCUT2D eigenvalue weighted by Gasteiger charge is 2.44. The predicted molar refractivity (Wildman–Crippen MR) is 106 cm³/mol. The maximum Gasteiger partial charge on any atom is 0.416 e. The summed E-state index contributed by atoms with van der Waals surface area (Å²) >= 11 is 5.88. The number of hydrogen-bond acceptors (Lipinski definition) is 4. The summed E-state index contributed by atoms with van der Waals surface area (Å²) in [6, 6.07) is 4.55. The van der Waals surface area contributed by atoms with Crippen LogP contribution in [0.2, 0.25) is 5.02 Å². The molecule has 0 aliphatic carbocycles. The van der Waals surface area contributed by atoms with E-state index in [9.17, 15) is 27.2 Å². The molecule has 1 unspecified atom stereocenters. The molecule has 168 valence electrons. The third kappa shape index (κ3) is 5.72. The number of aromatic nitrogens is 1. The first kappa shape index (κ1) is 24.6. The summed E-state index contributed by atoms with van der Waals surface area (Å²) < 4.78 is 59.2. The Morgan fingerprint density at radius 3 is 2.19 bits per heavy atom. The molecule has 1 heterocycles. The quantitative estimate of drug-likeness (QED) is 0.511. The first-order valence-corrected chi connectivity index (χ1v) is 9.46. The number of esters is 1. The van der Waals surface area contributed by atoms with Crippen molar-refractivity contribution in [3.05, 3.63) is 64.2 Å². The molecule has 1 aromatic heterocycles. The van der Waals surface area contributed by atoms with Gasteiger partial charge >= 0.3 is 12.1 Å². The van der Waals surface area contributed by atoms with Crippen LogP contribution in [0.15, 0.2) is 36.5 Å². The molecular formula is C21H21ClF4N2O3. The number of ether oxygens (including phenoxy) is 1. The van der Waals surface area contributed by atoms with E-state index in [-0.39, 0.29) is 16.3 Å². The van der Waals surface area contributed by atoms with Crippen LogP contribution < -0.4 is 5.32 Å². The minimum Gasteiger partial charge on any atom is -0.469 e. The van der Waals surface area contributed by atoms with Crippen LogP contribution in [-0.4, -0.2) is 24.0 Å². The number of hydrogen-bond donors (Lipinski definition) is 1. The van der Waals surface area contributed by atoms with E-state index < -0.39 is 46.8 Å². The Bertz CT molecular complexity index is 972. The first-order chi connectivity index (χ1) is 14.2. The van der Waals surface area contributed by atoms with Crippen LogP contribution in [-0.2, 0) is 26.0 Å². The molecule has 1 aromatic carbocycles. The van der Waals surface area contributed by atoms with E-state index in [2.05, 4.69) is 10.3 Å². The molecule has 0 radical (unpaired) electrons. The molecular weight excluding hydrogens is 440 g/mol. The molecule has 1 atom stereocenters. The van der Waals surface area contributed by atoms with Gasteiger partial charge in [-0.2, -0.15) is 13.2 Å². The second kappa shape index (κ2) is 8.82. The van der Waals surface area contributed by atoms with Crippen LogP contribution in [0.5, 0.6) is 0 Å². The summed E-state index contributed by atoms with van der Waals surface area (Å²) in [6.45, 7) is 4.73. The summed E-state index contributed by atoms with van der Waals surface area (Å²) in [5.74, 6) is -2.66. The minimum absolute atomic E-state index is 0.0152. The van der Waals surface area contributed by atoms with E-state index in [1.165, 1.54) is 18.3 Å². The second-order valence-electron chi connectivity index (χ2n) is 7.95. The van der Waals surface area contributed by atoms with Gasteiger partial charge in [-0.1, -0.05) is 32.4 Å². The molecule has 5 nitrogen and oxygen atoms in total. The molecule has 0 spiro atoms. The molecule has 2 rings (SSSR count). The number of nitrogens with zero attached hydrogens (tertiary/aromatic N) is 1. The summed E-state index contributed by atoms with van der Waals surface area (Å²) in [5.41, 5.74) is -4.56. The largest absolute Gasteiger partial charge is 0.469 e. The minimum atomic E-state index is -4.87. The number of pyridine rings is 1. The van der Waals surface area contributed by atoms with Crippen molar-refractivity contribution in [2.75, 3.05) is 7.11 Å². The third-order valence-corrected chi connectivity index (χ3v) is 4.75. The highest BCUT2D eigenvalue weighted by atomic mass is 35.5. The highest BCUT2D eigenvalue weighted by molar-refractivity contribution is 6.30. The topological polar surface area (TPSA) is 68.3 Å². The number of methoxy groups -OCH3 is 1. The van der Waals surface area contributed by atoms with Gasteiger partial charge in [0.25, 0.3) is 0 Å². The van der Waals surface area contributed by atoms with Crippen molar-refractivity contribution in [3.63, 3.8) is 0 Å². The van der Waals surface area contributed by atoms with E-state index in [1.54, 1.807) is 20.8 Å². The van der Waals surface area contributed by atoms with E-state index in [0.29, 0.717) is 12.1 Å². The lowest BCUT2D eigenvalue weighted by Gasteiger charge is -2.36. The molecule has 1 amide bonds. The Labute approximate surface area is 181 Å². The summed E-state index contributed by atoms with van der Waals surface area (Å²) in [7, 11) is 1.08. The zero-order valence-corrected chi connectivity index (χ0v) is 18.0. The van der Waals surface area contributed by atoms with Crippen LogP contribution in [0.25, 0.3) is 0 Å². The molecule has 2 aromatic rings. The Balaban J connectivity index is 2.87. The standard InChI is InChI=1S/C21H21ClF4N2O3/c1-19(2,3)18(30)28-20(10-17(29)31-4,16-6-5-14(22)11-27-16)12-7-13(21(24,25)26)9-15(23)8-12/h5-9,11H,10H2,1-4H3,(H,28,30). The first-order valence-electron chi connectivity index (χ1n) is 9.09. The lowest BCUT2D eigenvalue weighted by atomic mass is 9.80. The van der Waals surface area contributed by atoms with Crippen molar-refractivity contribution in [1.29, 1.82) is 0 Å². The van der Waals surface area contributed by atoms with Gasteiger partial charge in [-0.25, -0.2) is 4.39 Å². The molecule has 1 N–H and O–H groups in total. The summed E-state index contributed by atoms with van der Waals surface area (Å²) in [4.78, 5) is 29.3. The van der Waals surface area contributed by atoms with E-state index in [4.69, 9.17) is 16.3 Å². The van der Waals surface area contributed by atoms with Gasteiger partial charge in [-0.3, -0.25) is 14.6 Å². The predicted octanol–water partition coefficient (Wildman–Crippen LogP) is 4.86. The molecule has 0 saturated carbocycles. The SMILES string of the molecule is COC(=O)CC(NC(=O)C(C)(C)C)(c1cc(F)cc(C(F)(F)F)c1)c1ccc(Cl)cn1. The Hall–Kier alpha value is -2.68. The maximum absolute atomic E-state index is 14.3.